The van der Waals surface area contributed by atoms with Gasteiger partial charge in [0.25, 0.3) is 0 Å². The highest BCUT2D eigenvalue weighted by Gasteiger charge is 2.61. The maximum absolute atomic E-state index is 11.8. The van der Waals surface area contributed by atoms with Crippen molar-refractivity contribution in [1.29, 1.82) is 0 Å². The number of hydrogen-bond donors (Lipinski definition) is 1. The number of phenols is 1. The Morgan fingerprint density at radius 2 is 2.00 bits per heavy atom. The van der Waals surface area contributed by atoms with E-state index in [-0.39, 0.29) is 16.9 Å². The number of benzene rings is 1. The number of rotatable bonds is 3. The van der Waals surface area contributed by atoms with Crippen molar-refractivity contribution in [2.24, 2.45) is 16.7 Å². The minimum absolute atomic E-state index is 0.0145. The van der Waals surface area contributed by atoms with Gasteiger partial charge in [0.1, 0.15) is 11.5 Å². The van der Waals surface area contributed by atoms with E-state index >= 15 is 0 Å². The molecule has 3 unspecified atom stereocenters. The third-order valence-electron chi connectivity index (χ3n) is 6.90. The standard InChI is InChI=1S/C19H26O3/c1-11(20)13-9-14(17(22-5)10-16(13)21)15-8-12-6-7-19(15,4)18(12,2)3/h9-10,12,15,21H,6-8H2,1-5H3. The number of Topliss-reactive ketones (excluding diaryl/α,β-unsaturated/α-hetero) is 1. The maximum atomic E-state index is 11.8. The summed E-state index contributed by atoms with van der Waals surface area (Å²) in [6, 6.07) is 3.47. The molecule has 1 N–H and O–H groups in total. The van der Waals surface area contributed by atoms with Crippen molar-refractivity contribution in [3.8, 4) is 11.5 Å². The van der Waals surface area contributed by atoms with Crippen LogP contribution >= 0.6 is 0 Å². The molecule has 0 saturated heterocycles. The van der Waals surface area contributed by atoms with Gasteiger partial charge < -0.3 is 9.84 Å². The second kappa shape index (κ2) is 4.74. The number of carbonyl (C=O) groups excluding carboxylic acids is 1. The zero-order chi connectivity index (χ0) is 16.3. The van der Waals surface area contributed by atoms with Gasteiger partial charge in [0.15, 0.2) is 5.78 Å². The molecule has 2 saturated carbocycles. The number of phenolic OH excluding ortho intramolecular Hbond substituents is 1. The van der Waals surface area contributed by atoms with Crippen LogP contribution in [0.5, 0.6) is 11.5 Å². The van der Waals surface area contributed by atoms with Crippen molar-refractivity contribution < 1.29 is 14.6 Å². The number of ketones is 1. The second-order valence-electron chi connectivity index (χ2n) is 7.83. The monoisotopic (exact) mass is 302 g/mol. The average Bonchev–Trinajstić information content (AvgIpc) is 2.79. The van der Waals surface area contributed by atoms with E-state index in [4.69, 9.17) is 4.74 Å². The predicted octanol–water partition coefficient (Wildman–Crippen LogP) is 4.53. The van der Waals surface area contributed by atoms with Gasteiger partial charge in [-0.15, -0.1) is 0 Å². The molecule has 1 aromatic carbocycles. The van der Waals surface area contributed by atoms with Crippen molar-refractivity contribution in [3.63, 3.8) is 0 Å². The molecular weight excluding hydrogens is 276 g/mol. The first-order valence-corrected chi connectivity index (χ1v) is 8.14. The van der Waals surface area contributed by atoms with Crippen LogP contribution in [0.15, 0.2) is 12.1 Å². The van der Waals surface area contributed by atoms with Gasteiger partial charge in [0.05, 0.1) is 12.7 Å². The Morgan fingerprint density at radius 1 is 1.32 bits per heavy atom. The van der Waals surface area contributed by atoms with Crippen LogP contribution in [0.1, 0.15) is 68.8 Å². The van der Waals surface area contributed by atoms with E-state index in [2.05, 4.69) is 20.8 Å². The molecule has 3 atom stereocenters. The van der Waals surface area contributed by atoms with E-state index in [0.717, 1.165) is 17.9 Å². The van der Waals surface area contributed by atoms with Gasteiger partial charge in [-0.1, -0.05) is 20.8 Å². The largest absolute Gasteiger partial charge is 0.507 e. The molecule has 3 heteroatoms. The molecule has 2 aliphatic carbocycles. The summed E-state index contributed by atoms with van der Waals surface area (Å²) >= 11 is 0. The minimum atomic E-state index is -0.103. The highest BCUT2D eigenvalue weighted by atomic mass is 16.5. The first-order chi connectivity index (χ1) is 10.2. The summed E-state index contributed by atoms with van der Waals surface area (Å²) < 4.78 is 5.52. The van der Waals surface area contributed by atoms with Crippen molar-refractivity contribution in [2.45, 2.75) is 52.9 Å². The molecule has 22 heavy (non-hydrogen) atoms. The molecule has 0 spiro atoms. The molecule has 0 amide bonds. The Balaban J connectivity index is 2.13. The Morgan fingerprint density at radius 3 is 2.45 bits per heavy atom. The summed E-state index contributed by atoms with van der Waals surface area (Å²) in [5.41, 5.74) is 2.01. The number of fused-ring (bicyclic) bond motifs is 2. The summed E-state index contributed by atoms with van der Waals surface area (Å²) in [5.74, 6) is 1.73. The van der Waals surface area contributed by atoms with E-state index in [1.54, 1.807) is 13.2 Å². The summed E-state index contributed by atoms with van der Waals surface area (Å²) in [4.78, 5) is 11.8. The lowest BCUT2D eigenvalue weighted by molar-refractivity contribution is 0.101. The molecule has 1 aromatic rings. The lowest BCUT2D eigenvalue weighted by Crippen LogP contribution is -2.31. The second-order valence-corrected chi connectivity index (χ2v) is 7.83. The molecule has 0 aromatic heterocycles. The fourth-order valence-electron chi connectivity index (χ4n) is 4.99. The van der Waals surface area contributed by atoms with E-state index in [1.807, 2.05) is 6.07 Å². The SMILES string of the molecule is COc1cc(O)c(C(C)=O)cc1C1CC2CCC1(C)C2(C)C. The maximum Gasteiger partial charge on any atom is 0.163 e. The minimum Gasteiger partial charge on any atom is -0.507 e. The molecule has 0 aliphatic heterocycles. The van der Waals surface area contributed by atoms with Crippen LogP contribution in [-0.4, -0.2) is 18.0 Å². The quantitative estimate of drug-likeness (QED) is 0.834. The molecule has 0 radical (unpaired) electrons. The summed E-state index contributed by atoms with van der Waals surface area (Å²) in [6.45, 7) is 8.63. The third-order valence-corrected chi connectivity index (χ3v) is 6.90. The molecule has 3 rings (SSSR count). The van der Waals surface area contributed by atoms with E-state index in [9.17, 15) is 9.90 Å². The van der Waals surface area contributed by atoms with Gasteiger partial charge in [0.2, 0.25) is 0 Å². The summed E-state index contributed by atoms with van der Waals surface area (Å²) in [5, 5.41) is 10.1. The zero-order valence-electron chi connectivity index (χ0n) is 14.2. The van der Waals surface area contributed by atoms with Gasteiger partial charge in [-0.05, 0) is 60.5 Å². The van der Waals surface area contributed by atoms with Crippen LogP contribution in [0, 0.1) is 16.7 Å². The molecule has 0 heterocycles. The molecule has 2 aliphatic rings. The van der Waals surface area contributed by atoms with Crippen molar-refractivity contribution >= 4 is 5.78 Å². The lowest BCUT2D eigenvalue weighted by atomic mass is 9.65. The molecule has 3 nitrogen and oxygen atoms in total. The molecule has 120 valence electrons. The lowest BCUT2D eigenvalue weighted by Gasteiger charge is -2.40. The molecule has 2 bridgehead atoms. The first kappa shape index (κ1) is 15.4. The van der Waals surface area contributed by atoms with Crippen molar-refractivity contribution in [3.05, 3.63) is 23.3 Å². The van der Waals surface area contributed by atoms with Crippen LogP contribution in [0.2, 0.25) is 0 Å². The van der Waals surface area contributed by atoms with Crippen LogP contribution in [0.25, 0.3) is 0 Å². The third kappa shape index (κ3) is 1.84. The number of hydrogen-bond acceptors (Lipinski definition) is 3. The Kier molecular flexibility index (Phi) is 3.32. The Labute approximate surface area is 132 Å². The normalized spacial score (nSPS) is 32.2. The topological polar surface area (TPSA) is 46.5 Å². The summed E-state index contributed by atoms with van der Waals surface area (Å²) in [6.07, 6.45) is 3.65. The Hall–Kier alpha value is -1.51. The predicted molar refractivity (Wildman–Crippen MR) is 86.6 cm³/mol. The molecule has 2 fully saturated rings. The zero-order valence-corrected chi connectivity index (χ0v) is 14.2. The number of carbonyl (C=O) groups is 1. The number of methoxy groups -OCH3 is 1. The van der Waals surface area contributed by atoms with Gasteiger partial charge >= 0.3 is 0 Å². The van der Waals surface area contributed by atoms with Crippen LogP contribution in [-0.2, 0) is 0 Å². The average molecular weight is 302 g/mol. The van der Waals surface area contributed by atoms with E-state index in [0.29, 0.717) is 22.6 Å². The van der Waals surface area contributed by atoms with Gasteiger partial charge in [-0.25, -0.2) is 0 Å². The summed E-state index contributed by atoms with van der Waals surface area (Å²) in [7, 11) is 1.63. The highest BCUT2D eigenvalue weighted by molar-refractivity contribution is 5.97. The fourth-order valence-corrected chi connectivity index (χ4v) is 4.99. The molecular formula is C19H26O3. The van der Waals surface area contributed by atoms with Crippen LogP contribution in [0.4, 0.5) is 0 Å². The van der Waals surface area contributed by atoms with Gasteiger partial charge in [0, 0.05) is 6.07 Å². The van der Waals surface area contributed by atoms with Gasteiger partial charge in [-0.2, -0.15) is 0 Å². The smallest absolute Gasteiger partial charge is 0.163 e. The van der Waals surface area contributed by atoms with Crippen LogP contribution < -0.4 is 4.74 Å². The van der Waals surface area contributed by atoms with Crippen molar-refractivity contribution in [1.82, 2.24) is 0 Å². The van der Waals surface area contributed by atoms with Crippen LogP contribution in [0.3, 0.4) is 0 Å². The number of aromatic hydroxyl groups is 1. The first-order valence-electron chi connectivity index (χ1n) is 8.14. The van der Waals surface area contributed by atoms with E-state index < -0.39 is 0 Å². The Bertz CT molecular complexity index is 632. The van der Waals surface area contributed by atoms with Crippen molar-refractivity contribution in [2.75, 3.05) is 7.11 Å². The van der Waals surface area contributed by atoms with Gasteiger partial charge in [-0.3, -0.25) is 4.79 Å². The number of ether oxygens (including phenoxy) is 1. The highest BCUT2D eigenvalue weighted by Crippen LogP contribution is 2.71. The fraction of sp³-hybridized carbons (Fsp3) is 0.632. The van der Waals surface area contributed by atoms with E-state index in [1.165, 1.54) is 19.8 Å².